The van der Waals surface area contributed by atoms with Gasteiger partial charge in [-0.2, -0.15) is 0 Å². The first kappa shape index (κ1) is 18.9. The first-order valence-corrected chi connectivity index (χ1v) is 7.55. The molecule has 0 bridgehead atoms. The fourth-order valence-corrected chi connectivity index (χ4v) is 1.45. The summed E-state index contributed by atoms with van der Waals surface area (Å²) in [6.07, 6.45) is 2.21. The molecule has 0 aliphatic rings. The first-order valence-electron chi connectivity index (χ1n) is 7.55. The van der Waals surface area contributed by atoms with Crippen molar-refractivity contribution in [3.05, 3.63) is 0 Å². The van der Waals surface area contributed by atoms with E-state index in [0.29, 0.717) is 13.2 Å². The second-order valence-electron chi connectivity index (χ2n) is 6.61. The maximum atomic E-state index is 5.94. The molecule has 0 aromatic carbocycles. The normalized spacial score (nSPS) is 16.4. The van der Waals surface area contributed by atoms with Crippen LogP contribution in [0.3, 0.4) is 0 Å². The SMILES string of the molecule is CCC(C)(C)OCC(C)OCC(C)OC(C)(C)CC. The van der Waals surface area contributed by atoms with Gasteiger partial charge in [-0.15, -0.1) is 0 Å². The Morgan fingerprint density at radius 3 is 1.79 bits per heavy atom. The number of hydrogen-bond acceptors (Lipinski definition) is 3. The van der Waals surface area contributed by atoms with Crippen molar-refractivity contribution in [3.63, 3.8) is 0 Å². The van der Waals surface area contributed by atoms with Gasteiger partial charge in [-0.05, 0) is 54.4 Å². The number of hydrogen-bond donors (Lipinski definition) is 0. The third-order valence-electron chi connectivity index (χ3n) is 3.55. The molecular formula is C16H34O3. The molecular weight excluding hydrogens is 240 g/mol. The lowest BCUT2D eigenvalue weighted by molar-refractivity contribution is -0.123. The number of ether oxygens (including phenoxy) is 3. The zero-order valence-electron chi connectivity index (χ0n) is 14.2. The van der Waals surface area contributed by atoms with E-state index in [2.05, 4.69) is 48.5 Å². The van der Waals surface area contributed by atoms with Crippen LogP contribution in [-0.2, 0) is 14.2 Å². The van der Waals surface area contributed by atoms with E-state index in [1.807, 2.05) is 6.92 Å². The van der Waals surface area contributed by atoms with Crippen LogP contribution in [0.15, 0.2) is 0 Å². The molecule has 0 radical (unpaired) electrons. The molecule has 19 heavy (non-hydrogen) atoms. The van der Waals surface area contributed by atoms with Crippen molar-refractivity contribution in [1.29, 1.82) is 0 Å². The van der Waals surface area contributed by atoms with E-state index in [1.165, 1.54) is 0 Å². The third kappa shape index (κ3) is 9.42. The summed E-state index contributed by atoms with van der Waals surface area (Å²) in [5.74, 6) is 0. The lowest BCUT2D eigenvalue weighted by Crippen LogP contribution is -2.33. The van der Waals surface area contributed by atoms with E-state index in [9.17, 15) is 0 Å². The Balaban J connectivity index is 3.87. The Kier molecular flexibility index (Phi) is 8.18. The fourth-order valence-electron chi connectivity index (χ4n) is 1.45. The van der Waals surface area contributed by atoms with E-state index in [4.69, 9.17) is 14.2 Å². The smallest absolute Gasteiger partial charge is 0.0787 e. The topological polar surface area (TPSA) is 27.7 Å². The van der Waals surface area contributed by atoms with Crippen LogP contribution in [0.25, 0.3) is 0 Å². The molecule has 0 amide bonds. The van der Waals surface area contributed by atoms with Crippen molar-refractivity contribution in [2.45, 2.75) is 91.6 Å². The van der Waals surface area contributed by atoms with E-state index in [-0.39, 0.29) is 23.4 Å². The van der Waals surface area contributed by atoms with Crippen LogP contribution >= 0.6 is 0 Å². The van der Waals surface area contributed by atoms with Gasteiger partial charge in [0, 0.05) is 0 Å². The second-order valence-corrected chi connectivity index (χ2v) is 6.61. The molecule has 0 N–H and O–H groups in total. The summed E-state index contributed by atoms with van der Waals surface area (Å²) in [5.41, 5.74) is -0.142. The largest absolute Gasteiger partial charge is 0.373 e. The van der Waals surface area contributed by atoms with Gasteiger partial charge in [-0.1, -0.05) is 13.8 Å². The fraction of sp³-hybridized carbons (Fsp3) is 1.00. The average Bonchev–Trinajstić information content (AvgIpc) is 2.33. The summed E-state index contributed by atoms with van der Waals surface area (Å²) in [7, 11) is 0. The Bertz CT molecular complexity index is 236. The predicted octanol–water partition coefficient (Wildman–Crippen LogP) is 4.19. The van der Waals surface area contributed by atoms with Gasteiger partial charge in [0.2, 0.25) is 0 Å². The van der Waals surface area contributed by atoms with Crippen LogP contribution in [0.2, 0.25) is 0 Å². The summed E-state index contributed by atoms with van der Waals surface area (Å²) in [5, 5.41) is 0. The van der Waals surface area contributed by atoms with Crippen molar-refractivity contribution in [2.24, 2.45) is 0 Å². The molecule has 0 saturated carbocycles. The van der Waals surface area contributed by atoms with Gasteiger partial charge in [-0.25, -0.2) is 0 Å². The van der Waals surface area contributed by atoms with Gasteiger partial charge >= 0.3 is 0 Å². The highest BCUT2D eigenvalue weighted by atomic mass is 16.6. The molecule has 0 aliphatic carbocycles. The van der Waals surface area contributed by atoms with Gasteiger partial charge in [0.05, 0.1) is 36.6 Å². The Morgan fingerprint density at radius 1 is 0.789 bits per heavy atom. The van der Waals surface area contributed by atoms with Crippen LogP contribution in [0, 0.1) is 0 Å². The Labute approximate surface area is 120 Å². The summed E-state index contributed by atoms with van der Waals surface area (Å²) in [6, 6.07) is 0. The lowest BCUT2D eigenvalue weighted by atomic mass is 10.1. The molecule has 0 saturated heterocycles. The van der Waals surface area contributed by atoms with Gasteiger partial charge < -0.3 is 14.2 Å². The van der Waals surface area contributed by atoms with Gasteiger partial charge in [0.15, 0.2) is 0 Å². The highest BCUT2D eigenvalue weighted by molar-refractivity contribution is 4.69. The van der Waals surface area contributed by atoms with Crippen LogP contribution in [-0.4, -0.2) is 36.6 Å². The molecule has 2 unspecified atom stereocenters. The molecule has 0 fully saturated rings. The minimum atomic E-state index is -0.0767. The van der Waals surface area contributed by atoms with Crippen molar-refractivity contribution < 1.29 is 14.2 Å². The maximum absolute atomic E-state index is 5.94. The van der Waals surface area contributed by atoms with E-state index in [1.54, 1.807) is 0 Å². The monoisotopic (exact) mass is 274 g/mol. The first-order chi connectivity index (χ1) is 8.62. The van der Waals surface area contributed by atoms with Crippen molar-refractivity contribution >= 4 is 0 Å². The van der Waals surface area contributed by atoms with E-state index in [0.717, 1.165) is 12.8 Å². The van der Waals surface area contributed by atoms with Gasteiger partial charge in [0.25, 0.3) is 0 Å². The van der Waals surface area contributed by atoms with Crippen molar-refractivity contribution in [2.75, 3.05) is 13.2 Å². The molecule has 0 aromatic heterocycles. The molecule has 0 spiro atoms. The Morgan fingerprint density at radius 2 is 1.32 bits per heavy atom. The maximum Gasteiger partial charge on any atom is 0.0787 e. The van der Waals surface area contributed by atoms with Crippen molar-refractivity contribution in [3.8, 4) is 0 Å². The average molecular weight is 274 g/mol. The number of rotatable bonds is 10. The van der Waals surface area contributed by atoms with Crippen LogP contribution in [0.5, 0.6) is 0 Å². The van der Waals surface area contributed by atoms with E-state index < -0.39 is 0 Å². The zero-order valence-corrected chi connectivity index (χ0v) is 14.2. The predicted molar refractivity (Wildman–Crippen MR) is 80.7 cm³/mol. The molecule has 3 heteroatoms. The van der Waals surface area contributed by atoms with Gasteiger partial charge in [0.1, 0.15) is 0 Å². The highest BCUT2D eigenvalue weighted by Crippen LogP contribution is 2.17. The molecule has 0 aliphatic heterocycles. The molecule has 0 heterocycles. The molecule has 2 atom stereocenters. The summed E-state index contributed by atoms with van der Waals surface area (Å²) < 4.78 is 17.6. The quantitative estimate of drug-likeness (QED) is 0.598. The zero-order chi connectivity index (χ0) is 15.1. The Hall–Kier alpha value is -0.120. The second kappa shape index (κ2) is 8.23. The van der Waals surface area contributed by atoms with Crippen LogP contribution in [0.1, 0.15) is 68.2 Å². The third-order valence-corrected chi connectivity index (χ3v) is 3.55. The highest BCUT2D eigenvalue weighted by Gasteiger charge is 2.20. The summed E-state index contributed by atoms with van der Waals surface area (Å²) >= 11 is 0. The van der Waals surface area contributed by atoms with Crippen LogP contribution in [0.4, 0.5) is 0 Å². The standard InChI is InChI=1S/C16H34O3/c1-9-15(5,6)18-12-13(3)17-11-14(4)19-16(7,8)10-2/h13-14H,9-12H2,1-8H3. The van der Waals surface area contributed by atoms with E-state index >= 15 is 0 Å². The summed E-state index contributed by atoms with van der Waals surface area (Å²) in [6.45, 7) is 18.0. The lowest BCUT2D eigenvalue weighted by Gasteiger charge is -2.29. The minimum absolute atomic E-state index is 0.0655. The molecule has 116 valence electrons. The molecule has 0 rings (SSSR count). The van der Waals surface area contributed by atoms with Crippen molar-refractivity contribution in [1.82, 2.24) is 0 Å². The van der Waals surface area contributed by atoms with Crippen LogP contribution < -0.4 is 0 Å². The summed E-state index contributed by atoms with van der Waals surface area (Å²) in [4.78, 5) is 0. The molecule has 0 aromatic rings. The van der Waals surface area contributed by atoms with Gasteiger partial charge in [-0.3, -0.25) is 0 Å². The molecule has 3 nitrogen and oxygen atoms in total. The minimum Gasteiger partial charge on any atom is -0.373 e.